The number of hydrogen-bond acceptors (Lipinski definition) is 6. The van der Waals surface area contributed by atoms with Gasteiger partial charge in [0.1, 0.15) is 25.1 Å². The van der Waals surface area contributed by atoms with Gasteiger partial charge >= 0.3 is 11.9 Å². The molecule has 2 aromatic rings. The molecule has 0 amide bonds. The van der Waals surface area contributed by atoms with Gasteiger partial charge in [0.2, 0.25) is 0 Å². The van der Waals surface area contributed by atoms with Crippen LogP contribution in [0.25, 0.3) is 10.8 Å². The standard InChI is InChI=1S/C11H10O.C7H12O5.CH4/c1-12-11-7-6-9-4-2-3-5-10(9)8-11;1-5(8)11-3-7(10)4-12-6(2)9;/h2-8H,1H3;7,10H,3-4H2,1-2H3;1H4. The van der Waals surface area contributed by atoms with Gasteiger partial charge in [-0.15, -0.1) is 0 Å². The molecule has 1 N–H and O–H groups in total. The van der Waals surface area contributed by atoms with Gasteiger partial charge in [-0.2, -0.15) is 0 Å². The van der Waals surface area contributed by atoms with Gasteiger partial charge in [-0.25, -0.2) is 0 Å². The average Bonchev–Trinajstić information content (AvgIpc) is 2.58. The summed E-state index contributed by atoms with van der Waals surface area (Å²) in [5.41, 5.74) is 0. The van der Waals surface area contributed by atoms with Crippen molar-refractivity contribution in [2.45, 2.75) is 27.4 Å². The van der Waals surface area contributed by atoms with Gasteiger partial charge in [-0.3, -0.25) is 9.59 Å². The molecule has 25 heavy (non-hydrogen) atoms. The lowest BCUT2D eigenvalue weighted by Crippen LogP contribution is -2.24. The number of esters is 2. The van der Waals surface area contributed by atoms with Crippen molar-refractivity contribution in [1.29, 1.82) is 0 Å². The summed E-state index contributed by atoms with van der Waals surface area (Å²) in [5.74, 6) is -0.0394. The fourth-order valence-electron chi connectivity index (χ4n) is 1.77. The zero-order chi connectivity index (χ0) is 17.9. The zero-order valence-electron chi connectivity index (χ0n) is 14.0. The number of carbonyl (C=O) groups excluding carboxylic acids is 2. The molecule has 0 atom stereocenters. The number of aliphatic hydroxyl groups excluding tert-OH is 1. The molecule has 0 aromatic heterocycles. The van der Waals surface area contributed by atoms with E-state index in [1.54, 1.807) is 7.11 Å². The van der Waals surface area contributed by atoms with Crippen LogP contribution in [0.4, 0.5) is 0 Å². The Morgan fingerprint density at radius 1 is 0.960 bits per heavy atom. The number of benzene rings is 2. The van der Waals surface area contributed by atoms with Gasteiger partial charge in [0.15, 0.2) is 0 Å². The molecule has 0 fully saturated rings. The first-order valence-electron chi connectivity index (χ1n) is 7.40. The second-order valence-corrected chi connectivity index (χ2v) is 4.97. The van der Waals surface area contributed by atoms with E-state index in [1.807, 2.05) is 24.3 Å². The van der Waals surface area contributed by atoms with Gasteiger partial charge in [0.05, 0.1) is 7.11 Å². The third-order valence-corrected chi connectivity index (χ3v) is 2.91. The van der Waals surface area contributed by atoms with Crippen LogP contribution >= 0.6 is 0 Å². The normalized spacial score (nSPS) is 9.48. The first kappa shape index (κ1) is 22.4. The lowest BCUT2D eigenvalue weighted by atomic mass is 10.1. The Balaban J connectivity index is 0.000000443. The smallest absolute Gasteiger partial charge is 0.302 e. The Morgan fingerprint density at radius 2 is 1.48 bits per heavy atom. The Morgan fingerprint density at radius 3 is 1.96 bits per heavy atom. The summed E-state index contributed by atoms with van der Waals surface area (Å²) in [6.45, 7) is 2.17. The highest BCUT2D eigenvalue weighted by molar-refractivity contribution is 5.83. The summed E-state index contributed by atoms with van der Waals surface area (Å²) in [4.78, 5) is 20.5. The molecule has 0 aliphatic rings. The lowest BCUT2D eigenvalue weighted by molar-refractivity contribution is -0.149. The highest BCUT2D eigenvalue weighted by Gasteiger charge is 2.07. The van der Waals surface area contributed by atoms with Gasteiger partial charge in [-0.05, 0) is 22.9 Å². The topological polar surface area (TPSA) is 82.1 Å². The molecule has 138 valence electrons. The molecule has 0 heterocycles. The van der Waals surface area contributed by atoms with Crippen LogP contribution in [0, 0.1) is 0 Å². The molecule has 6 nitrogen and oxygen atoms in total. The first-order valence-corrected chi connectivity index (χ1v) is 7.40. The molecule has 0 spiro atoms. The molecule has 6 heteroatoms. The number of methoxy groups -OCH3 is 1. The van der Waals surface area contributed by atoms with E-state index in [2.05, 4.69) is 27.7 Å². The SMILES string of the molecule is C.CC(=O)OCC(O)COC(C)=O.COc1ccc2ccccc2c1. The van der Waals surface area contributed by atoms with Crippen LogP contribution in [0.1, 0.15) is 21.3 Å². The van der Waals surface area contributed by atoms with Crippen molar-refractivity contribution in [2.24, 2.45) is 0 Å². The lowest BCUT2D eigenvalue weighted by Gasteiger charge is -2.09. The first-order chi connectivity index (χ1) is 11.4. The molecule has 0 radical (unpaired) electrons. The third-order valence-electron chi connectivity index (χ3n) is 2.91. The number of hydrogen-bond donors (Lipinski definition) is 1. The molecule has 2 rings (SSSR count). The summed E-state index contributed by atoms with van der Waals surface area (Å²) >= 11 is 0. The minimum atomic E-state index is -0.946. The quantitative estimate of drug-likeness (QED) is 0.835. The zero-order valence-corrected chi connectivity index (χ0v) is 14.0. The Kier molecular flexibility index (Phi) is 10.6. The Labute approximate surface area is 148 Å². The summed E-state index contributed by atoms with van der Waals surface area (Å²) in [5, 5.41) is 11.5. The van der Waals surface area contributed by atoms with E-state index in [4.69, 9.17) is 9.84 Å². The number of aliphatic hydroxyl groups is 1. The largest absolute Gasteiger partial charge is 0.497 e. The van der Waals surface area contributed by atoms with Crippen molar-refractivity contribution < 1.29 is 28.9 Å². The molecule has 2 aromatic carbocycles. The molecule has 0 unspecified atom stereocenters. The highest BCUT2D eigenvalue weighted by Crippen LogP contribution is 2.19. The van der Waals surface area contributed by atoms with Crippen molar-refractivity contribution in [3.8, 4) is 5.75 Å². The van der Waals surface area contributed by atoms with E-state index in [0.717, 1.165) is 5.75 Å². The molecular formula is C19H26O6. The van der Waals surface area contributed by atoms with E-state index in [9.17, 15) is 9.59 Å². The van der Waals surface area contributed by atoms with E-state index in [-0.39, 0.29) is 20.6 Å². The number of ether oxygens (including phenoxy) is 3. The molecule has 0 aliphatic carbocycles. The van der Waals surface area contributed by atoms with Crippen LogP contribution in [-0.2, 0) is 19.1 Å². The summed E-state index contributed by atoms with van der Waals surface area (Å²) in [6.07, 6.45) is -0.946. The maximum atomic E-state index is 10.2. The minimum absolute atomic E-state index is 0. The number of carbonyl (C=O) groups is 2. The molecule has 0 saturated carbocycles. The maximum Gasteiger partial charge on any atom is 0.302 e. The predicted octanol–water partition coefficient (Wildman–Crippen LogP) is 2.96. The molecule has 0 bridgehead atoms. The van der Waals surface area contributed by atoms with Gasteiger partial charge in [-0.1, -0.05) is 37.8 Å². The number of fused-ring (bicyclic) bond motifs is 1. The van der Waals surface area contributed by atoms with Crippen LogP contribution in [0.3, 0.4) is 0 Å². The second kappa shape index (κ2) is 11.9. The maximum absolute atomic E-state index is 10.2. The van der Waals surface area contributed by atoms with E-state index in [1.165, 1.54) is 24.6 Å². The van der Waals surface area contributed by atoms with Crippen LogP contribution < -0.4 is 4.74 Å². The fourth-order valence-corrected chi connectivity index (χ4v) is 1.77. The highest BCUT2D eigenvalue weighted by atomic mass is 16.6. The average molecular weight is 350 g/mol. The minimum Gasteiger partial charge on any atom is -0.497 e. The van der Waals surface area contributed by atoms with Crippen molar-refractivity contribution in [3.63, 3.8) is 0 Å². The van der Waals surface area contributed by atoms with E-state index in [0.29, 0.717) is 0 Å². The third kappa shape index (κ3) is 9.32. The summed E-state index contributed by atoms with van der Waals surface area (Å²) < 4.78 is 14.0. The van der Waals surface area contributed by atoms with E-state index < -0.39 is 18.0 Å². The van der Waals surface area contributed by atoms with Gasteiger partial charge in [0, 0.05) is 13.8 Å². The Hall–Kier alpha value is -2.60. The molecular weight excluding hydrogens is 324 g/mol. The van der Waals surface area contributed by atoms with Gasteiger partial charge in [0.25, 0.3) is 0 Å². The molecule has 0 aliphatic heterocycles. The van der Waals surface area contributed by atoms with Crippen molar-refractivity contribution in [1.82, 2.24) is 0 Å². The van der Waals surface area contributed by atoms with Crippen LogP contribution in [0.15, 0.2) is 42.5 Å². The van der Waals surface area contributed by atoms with Crippen molar-refractivity contribution in [3.05, 3.63) is 42.5 Å². The monoisotopic (exact) mass is 350 g/mol. The second-order valence-electron chi connectivity index (χ2n) is 4.97. The summed E-state index contributed by atoms with van der Waals surface area (Å²) in [6, 6.07) is 14.3. The van der Waals surface area contributed by atoms with Crippen molar-refractivity contribution in [2.75, 3.05) is 20.3 Å². The van der Waals surface area contributed by atoms with E-state index >= 15 is 0 Å². The van der Waals surface area contributed by atoms with Crippen molar-refractivity contribution >= 4 is 22.7 Å². The van der Waals surface area contributed by atoms with Crippen LogP contribution in [0.2, 0.25) is 0 Å². The molecule has 0 saturated heterocycles. The summed E-state index contributed by atoms with van der Waals surface area (Å²) in [7, 11) is 1.68. The van der Waals surface area contributed by atoms with Gasteiger partial charge < -0.3 is 19.3 Å². The fraction of sp³-hybridized carbons (Fsp3) is 0.368. The predicted molar refractivity (Wildman–Crippen MR) is 96.5 cm³/mol. The Bertz CT molecular complexity index is 650. The van der Waals surface area contributed by atoms with Crippen LogP contribution in [-0.4, -0.2) is 43.5 Å². The number of rotatable bonds is 5. The van der Waals surface area contributed by atoms with Crippen LogP contribution in [0.5, 0.6) is 5.75 Å².